The van der Waals surface area contributed by atoms with Gasteiger partial charge in [0.05, 0.1) is 0 Å². The number of alkyl halides is 5. The Balaban J connectivity index is 3.35. The molecule has 118 valence electrons. The fraction of sp³-hybridized carbons (Fsp3) is 0.200. The first kappa shape index (κ1) is 17.1. The van der Waals surface area contributed by atoms with Crippen molar-refractivity contribution < 1.29 is 48.6 Å². The van der Waals surface area contributed by atoms with Crippen LogP contribution in [0.5, 0.6) is 5.75 Å². The van der Waals surface area contributed by atoms with Crippen molar-refractivity contribution in [2.75, 3.05) is 0 Å². The summed E-state index contributed by atoms with van der Waals surface area (Å²) >= 11 is 0. The third kappa shape index (κ3) is 3.05. The highest BCUT2D eigenvalue weighted by atomic mass is 19.4. The molecule has 1 rings (SSSR count). The maximum Gasteiger partial charge on any atom is 0.431 e. The van der Waals surface area contributed by atoms with Gasteiger partial charge >= 0.3 is 12.3 Å². The number of benzene rings is 1. The summed E-state index contributed by atoms with van der Waals surface area (Å²) in [7, 11) is 0. The smallest absolute Gasteiger partial charge is 0.422 e. The monoisotopic (exact) mass is 328 g/mol. The lowest BCUT2D eigenvalue weighted by molar-refractivity contribution is -0.199. The van der Waals surface area contributed by atoms with Crippen molar-refractivity contribution in [2.45, 2.75) is 12.3 Å². The van der Waals surface area contributed by atoms with Gasteiger partial charge < -0.3 is 4.74 Å². The Labute approximate surface area is 109 Å². The minimum atomic E-state index is -5.73. The van der Waals surface area contributed by atoms with E-state index in [2.05, 4.69) is 4.74 Å². The fourth-order valence-electron chi connectivity index (χ4n) is 1.03. The summed E-state index contributed by atoms with van der Waals surface area (Å²) in [5, 5.41) is 0. The van der Waals surface area contributed by atoms with E-state index in [1.807, 2.05) is 6.58 Å². The molecular formula is C10H2F10O. The summed E-state index contributed by atoms with van der Waals surface area (Å²) in [5.74, 6) is -16.2. The van der Waals surface area contributed by atoms with Crippen molar-refractivity contribution in [2.24, 2.45) is 0 Å². The molecule has 0 radical (unpaired) electrons. The first-order valence-corrected chi connectivity index (χ1v) is 4.65. The van der Waals surface area contributed by atoms with Gasteiger partial charge in [0.25, 0.3) is 0 Å². The Kier molecular flexibility index (Phi) is 4.17. The zero-order valence-electron chi connectivity index (χ0n) is 9.39. The Morgan fingerprint density at radius 2 is 1.05 bits per heavy atom. The van der Waals surface area contributed by atoms with Gasteiger partial charge in [0.15, 0.2) is 0 Å². The second-order valence-corrected chi connectivity index (χ2v) is 3.49. The van der Waals surface area contributed by atoms with Gasteiger partial charge in [-0.3, -0.25) is 0 Å². The maximum atomic E-state index is 13.0. The molecule has 0 N–H and O–H groups in total. The molecule has 0 bridgehead atoms. The van der Waals surface area contributed by atoms with Crippen molar-refractivity contribution in [3.05, 3.63) is 41.2 Å². The first-order valence-electron chi connectivity index (χ1n) is 4.65. The molecule has 0 unspecified atom stereocenters. The molecule has 0 aliphatic rings. The molecule has 0 spiro atoms. The topological polar surface area (TPSA) is 9.23 Å². The molecule has 1 aromatic rings. The van der Waals surface area contributed by atoms with Crippen LogP contribution in [-0.4, -0.2) is 12.3 Å². The van der Waals surface area contributed by atoms with E-state index in [1.54, 1.807) is 0 Å². The lowest BCUT2D eigenvalue weighted by Gasteiger charge is -2.22. The summed E-state index contributed by atoms with van der Waals surface area (Å²) in [6, 6.07) is 0. The molecule has 0 saturated carbocycles. The van der Waals surface area contributed by atoms with E-state index in [0.717, 1.165) is 0 Å². The van der Waals surface area contributed by atoms with E-state index >= 15 is 0 Å². The van der Waals surface area contributed by atoms with Gasteiger partial charge in [0, 0.05) is 0 Å². The van der Waals surface area contributed by atoms with Gasteiger partial charge in [-0.1, -0.05) is 6.58 Å². The highest BCUT2D eigenvalue weighted by Crippen LogP contribution is 2.40. The average Bonchev–Trinajstić information content (AvgIpc) is 2.37. The number of rotatable bonds is 3. The Bertz CT molecular complexity index is 559. The van der Waals surface area contributed by atoms with Crippen LogP contribution < -0.4 is 4.74 Å². The third-order valence-corrected chi connectivity index (χ3v) is 2.09. The van der Waals surface area contributed by atoms with E-state index in [9.17, 15) is 43.9 Å². The van der Waals surface area contributed by atoms with E-state index < -0.39 is 52.7 Å². The van der Waals surface area contributed by atoms with Crippen molar-refractivity contribution in [1.29, 1.82) is 0 Å². The zero-order valence-corrected chi connectivity index (χ0v) is 9.39. The number of ether oxygens (including phenoxy) is 1. The van der Waals surface area contributed by atoms with Gasteiger partial charge in [-0.2, -0.15) is 30.7 Å². The summed E-state index contributed by atoms with van der Waals surface area (Å²) in [6.45, 7) is 1.91. The molecule has 0 aromatic heterocycles. The summed E-state index contributed by atoms with van der Waals surface area (Å²) in [6.07, 6.45) is -11.2. The molecule has 0 saturated heterocycles. The van der Waals surface area contributed by atoms with E-state index in [1.165, 1.54) is 0 Å². The van der Waals surface area contributed by atoms with Crippen LogP contribution in [0.1, 0.15) is 0 Å². The molecule has 1 nitrogen and oxygen atoms in total. The minimum absolute atomic E-state index is 1.91. The number of hydrogen-bond acceptors (Lipinski definition) is 1. The lowest BCUT2D eigenvalue weighted by Crippen LogP contribution is -2.35. The van der Waals surface area contributed by atoms with Crippen LogP contribution in [-0.2, 0) is 0 Å². The van der Waals surface area contributed by atoms with Gasteiger partial charge in [0.2, 0.25) is 34.8 Å². The predicted molar refractivity (Wildman–Crippen MR) is 47.0 cm³/mol. The average molecular weight is 328 g/mol. The quantitative estimate of drug-likeness (QED) is 0.344. The molecule has 0 fully saturated rings. The number of halogens is 10. The van der Waals surface area contributed by atoms with Gasteiger partial charge in [-0.05, 0) is 0 Å². The molecule has 11 heteroatoms. The molecule has 0 aliphatic carbocycles. The van der Waals surface area contributed by atoms with Crippen LogP contribution in [0.4, 0.5) is 43.9 Å². The second-order valence-electron chi connectivity index (χ2n) is 3.49. The van der Waals surface area contributed by atoms with Gasteiger partial charge in [-0.15, -0.1) is 0 Å². The van der Waals surface area contributed by atoms with E-state index in [-0.39, 0.29) is 0 Å². The van der Waals surface area contributed by atoms with Crippen LogP contribution in [0.25, 0.3) is 0 Å². The van der Waals surface area contributed by atoms with Gasteiger partial charge in [0.1, 0.15) is 5.57 Å². The largest absolute Gasteiger partial charge is 0.431 e. The molecule has 0 amide bonds. The molecule has 0 atom stereocenters. The molecule has 21 heavy (non-hydrogen) atoms. The minimum Gasteiger partial charge on any atom is -0.422 e. The zero-order chi connectivity index (χ0) is 16.7. The molecule has 0 heterocycles. The van der Waals surface area contributed by atoms with Crippen molar-refractivity contribution in [3.8, 4) is 5.75 Å². The highest BCUT2D eigenvalue weighted by Gasteiger charge is 2.52. The van der Waals surface area contributed by atoms with Crippen LogP contribution >= 0.6 is 0 Å². The SMILES string of the molecule is C=C(C(F)(F)F)C(F)(F)Oc1c(F)c(F)c(F)c(F)c1F. The standard InChI is InChI=1S/C10H2F10O/c1-2(9(16,17)18)10(19,20)21-8-6(14)4(12)3(11)5(13)7(8)15/h1H2. The fourth-order valence-corrected chi connectivity index (χ4v) is 1.03. The summed E-state index contributed by atoms with van der Waals surface area (Å²) < 4.78 is 129. The maximum absolute atomic E-state index is 13.0. The van der Waals surface area contributed by atoms with Crippen LogP contribution in [0.3, 0.4) is 0 Å². The summed E-state index contributed by atoms with van der Waals surface area (Å²) in [4.78, 5) is 0. The van der Waals surface area contributed by atoms with E-state index in [0.29, 0.717) is 0 Å². The van der Waals surface area contributed by atoms with Gasteiger partial charge in [-0.25, -0.2) is 13.2 Å². The van der Waals surface area contributed by atoms with Crippen molar-refractivity contribution >= 4 is 0 Å². The number of hydrogen-bond donors (Lipinski definition) is 0. The van der Waals surface area contributed by atoms with Crippen LogP contribution in [0.2, 0.25) is 0 Å². The third-order valence-electron chi connectivity index (χ3n) is 2.09. The highest BCUT2D eigenvalue weighted by molar-refractivity contribution is 5.31. The van der Waals surface area contributed by atoms with Crippen LogP contribution in [0, 0.1) is 29.1 Å². The molecule has 1 aromatic carbocycles. The predicted octanol–water partition coefficient (Wildman–Crippen LogP) is 4.47. The normalized spacial score (nSPS) is 12.5. The van der Waals surface area contributed by atoms with Crippen LogP contribution in [0.15, 0.2) is 12.2 Å². The van der Waals surface area contributed by atoms with Crippen molar-refractivity contribution in [1.82, 2.24) is 0 Å². The van der Waals surface area contributed by atoms with Crippen molar-refractivity contribution in [3.63, 3.8) is 0 Å². The first-order chi connectivity index (χ1) is 9.30. The van der Waals surface area contributed by atoms with E-state index in [4.69, 9.17) is 0 Å². The summed E-state index contributed by atoms with van der Waals surface area (Å²) in [5.41, 5.74) is -2.89. The lowest BCUT2D eigenvalue weighted by atomic mass is 10.2. The second kappa shape index (κ2) is 5.11. The molecular weight excluding hydrogens is 326 g/mol. The molecule has 0 aliphatic heterocycles. The Morgan fingerprint density at radius 1 is 0.714 bits per heavy atom. The Morgan fingerprint density at radius 3 is 1.38 bits per heavy atom. The Hall–Kier alpha value is -1.94.